The van der Waals surface area contributed by atoms with Crippen molar-refractivity contribution >= 4 is 23.8 Å². The summed E-state index contributed by atoms with van der Waals surface area (Å²) in [7, 11) is 0. The van der Waals surface area contributed by atoms with Crippen LogP contribution in [0.15, 0.2) is 18.5 Å². The Morgan fingerprint density at radius 2 is 1.71 bits per heavy atom. The number of aromatic nitrogens is 2. The molecule has 2 saturated heterocycles. The SMILES string of the molecule is O=C(CCN1C(=O)NC2(CCCCC2)C1=O)N1CCN(c2ncccn2)CC1. The molecular formula is C19H26N6O3. The van der Waals surface area contributed by atoms with Crippen molar-refractivity contribution < 1.29 is 14.4 Å². The summed E-state index contributed by atoms with van der Waals surface area (Å²) in [5.74, 6) is 0.488. The zero-order valence-corrected chi connectivity index (χ0v) is 16.0. The van der Waals surface area contributed by atoms with Gasteiger partial charge in [0.1, 0.15) is 5.54 Å². The quantitative estimate of drug-likeness (QED) is 0.768. The molecule has 28 heavy (non-hydrogen) atoms. The topological polar surface area (TPSA) is 98.7 Å². The van der Waals surface area contributed by atoms with Crippen molar-refractivity contribution in [2.75, 3.05) is 37.6 Å². The van der Waals surface area contributed by atoms with Crippen molar-refractivity contribution in [1.82, 2.24) is 25.1 Å². The summed E-state index contributed by atoms with van der Waals surface area (Å²) in [6, 6.07) is 1.42. The van der Waals surface area contributed by atoms with Gasteiger partial charge in [-0.15, -0.1) is 0 Å². The molecule has 1 N–H and O–H groups in total. The van der Waals surface area contributed by atoms with E-state index in [0.717, 1.165) is 19.3 Å². The predicted molar refractivity (Wildman–Crippen MR) is 102 cm³/mol. The first kappa shape index (κ1) is 18.6. The number of hydrogen-bond acceptors (Lipinski definition) is 6. The number of amides is 4. The third kappa shape index (κ3) is 3.53. The van der Waals surface area contributed by atoms with Gasteiger partial charge < -0.3 is 15.1 Å². The summed E-state index contributed by atoms with van der Waals surface area (Å²) in [5.41, 5.74) is -0.723. The van der Waals surface area contributed by atoms with Crippen molar-refractivity contribution in [3.05, 3.63) is 18.5 Å². The summed E-state index contributed by atoms with van der Waals surface area (Å²) >= 11 is 0. The van der Waals surface area contributed by atoms with Crippen LogP contribution in [0.4, 0.5) is 10.7 Å². The number of urea groups is 1. The number of piperazine rings is 1. The Morgan fingerprint density at radius 3 is 2.39 bits per heavy atom. The Kier molecular flexibility index (Phi) is 5.15. The lowest BCUT2D eigenvalue weighted by Gasteiger charge is -2.35. The number of anilines is 1. The van der Waals surface area contributed by atoms with Crippen LogP contribution in [0.3, 0.4) is 0 Å². The number of rotatable bonds is 4. The third-order valence-electron chi connectivity index (χ3n) is 5.97. The molecule has 3 fully saturated rings. The first-order valence-corrected chi connectivity index (χ1v) is 10.0. The number of nitrogens with one attached hydrogen (secondary N) is 1. The second kappa shape index (κ2) is 7.73. The van der Waals surface area contributed by atoms with Gasteiger partial charge in [-0.3, -0.25) is 14.5 Å². The van der Waals surface area contributed by atoms with Crippen LogP contribution in [0.2, 0.25) is 0 Å². The molecule has 0 radical (unpaired) electrons. The lowest BCUT2D eigenvalue weighted by molar-refractivity contribution is -0.134. The van der Waals surface area contributed by atoms with E-state index in [1.807, 2.05) is 4.90 Å². The summed E-state index contributed by atoms with van der Waals surface area (Å²) in [6.07, 6.45) is 7.98. The molecular weight excluding hydrogens is 360 g/mol. The van der Waals surface area contributed by atoms with Crippen LogP contribution in [0.25, 0.3) is 0 Å². The molecule has 0 atom stereocenters. The highest BCUT2D eigenvalue weighted by Crippen LogP contribution is 2.33. The Hall–Kier alpha value is -2.71. The Morgan fingerprint density at radius 1 is 1.04 bits per heavy atom. The van der Waals surface area contributed by atoms with Gasteiger partial charge in [0, 0.05) is 51.5 Å². The van der Waals surface area contributed by atoms with Crippen LogP contribution in [-0.2, 0) is 9.59 Å². The van der Waals surface area contributed by atoms with E-state index in [4.69, 9.17) is 0 Å². The third-order valence-corrected chi connectivity index (χ3v) is 5.97. The fraction of sp³-hybridized carbons (Fsp3) is 0.632. The molecule has 9 heteroatoms. The van der Waals surface area contributed by atoms with Crippen LogP contribution in [0, 0.1) is 0 Å². The standard InChI is InChI=1S/C19H26N6O3/c26-15(23-11-13-24(14-12-23)17-20-8-4-9-21-17)5-10-25-16(27)19(22-18(25)28)6-2-1-3-7-19/h4,8-9H,1-3,5-7,10-14H2,(H,22,28). The maximum Gasteiger partial charge on any atom is 0.325 e. The molecule has 1 aromatic rings. The van der Waals surface area contributed by atoms with E-state index in [1.54, 1.807) is 23.4 Å². The monoisotopic (exact) mass is 386 g/mol. The molecule has 2 aliphatic heterocycles. The molecule has 150 valence electrons. The molecule has 1 spiro atoms. The molecule has 0 aromatic carbocycles. The van der Waals surface area contributed by atoms with Gasteiger partial charge in [-0.25, -0.2) is 14.8 Å². The minimum Gasteiger partial charge on any atom is -0.339 e. The molecule has 1 aromatic heterocycles. The van der Waals surface area contributed by atoms with E-state index in [2.05, 4.69) is 15.3 Å². The highest BCUT2D eigenvalue weighted by atomic mass is 16.2. The van der Waals surface area contributed by atoms with Gasteiger partial charge in [0.15, 0.2) is 0 Å². The molecule has 0 unspecified atom stereocenters. The van der Waals surface area contributed by atoms with Crippen molar-refractivity contribution in [3.63, 3.8) is 0 Å². The number of imide groups is 1. The second-order valence-electron chi connectivity index (χ2n) is 7.70. The molecule has 4 amide bonds. The maximum atomic E-state index is 12.8. The average Bonchev–Trinajstić information content (AvgIpc) is 2.96. The molecule has 9 nitrogen and oxygen atoms in total. The average molecular weight is 386 g/mol. The van der Waals surface area contributed by atoms with Crippen molar-refractivity contribution in [2.45, 2.75) is 44.1 Å². The minimum atomic E-state index is -0.723. The number of nitrogens with zero attached hydrogens (tertiary/aromatic N) is 5. The highest BCUT2D eigenvalue weighted by molar-refractivity contribution is 6.07. The first-order chi connectivity index (χ1) is 13.6. The fourth-order valence-electron chi connectivity index (χ4n) is 4.35. The van der Waals surface area contributed by atoms with Crippen LogP contribution in [0.5, 0.6) is 0 Å². The van der Waals surface area contributed by atoms with E-state index >= 15 is 0 Å². The highest BCUT2D eigenvalue weighted by Gasteiger charge is 2.51. The summed E-state index contributed by atoms with van der Waals surface area (Å²) < 4.78 is 0. The van der Waals surface area contributed by atoms with Gasteiger partial charge in [0.05, 0.1) is 0 Å². The summed E-state index contributed by atoms with van der Waals surface area (Å²) in [5, 5.41) is 2.89. The Labute approximate surface area is 164 Å². The molecule has 4 rings (SSSR count). The van der Waals surface area contributed by atoms with E-state index < -0.39 is 5.54 Å². The van der Waals surface area contributed by atoms with Gasteiger partial charge in [-0.2, -0.15) is 0 Å². The van der Waals surface area contributed by atoms with E-state index in [-0.39, 0.29) is 30.8 Å². The Bertz CT molecular complexity index is 741. The Balaban J connectivity index is 1.28. The molecule has 3 aliphatic rings. The summed E-state index contributed by atoms with van der Waals surface area (Å²) in [6.45, 7) is 2.65. The van der Waals surface area contributed by atoms with Crippen LogP contribution in [-0.4, -0.2) is 75.9 Å². The van der Waals surface area contributed by atoms with E-state index in [0.29, 0.717) is 45.0 Å². The predicted octanol–water partition coefficient (Wildman–Crippen LogP) is 0.770. The van der Waals surface area contributed by atoms with E-state index in [1.165, 1.54) is 4.90 Å². The second-order valence-corrected chi connectivity index (χ2v) is 7.70. The zero-order chi connectivity index (χ0) is 19.6. The smallest absolute Gasteiger partial charge is 0.325 e. The summed E-state index contributed by atoms with van der Waals surface area (Å²) in [4.78, 5) is 51.2. The number of carbonyl (C=O) groups excluding carboxylic acids is 3. The first-order valence-electron chi connectivity index (χ1n) is 10.0. The van der Waals surface area contributed by atoms with Crippen molar-refractivity contribution in [3.8, 4) is 0 Å². The normalized spacial score (nSPS) is 21.9. The molecule has 1 aliphatic carbocycles. The van der Waals surface area contributed by atoms with Gasteiger partial charge in [0.2, 0.25) is 11.9 Å². The maximum absolute atomic E-state index is 12.8. The van der Waals surface area contributed by atoms with Gasteiger partial charge in [0.25, 0.3) is 5.91 Å². The lowest BCUT2D eigenvalue weighted by Crippen LogP contribution is -2.50. The lowest BCUT2D eigenvalue weighted by atomic mass is 9.82. The minimum absolute atomic E-state index is 0.0289. The fourth-order valence-corrected chi connectivity index (χ4v) is 4.35. The molecule has 1 saturated carbocycles. The van der Waals surface area contributed by atoms with Crippen LogP contribution >= 0.6 is 0 Å². The van der Waals surface area contributed by atoms with Crippen molar-refractivity contribution in [2.24, 2.45) is 0 Å². The van der Waals surface area contributed by atoms with Crippen molar-refractivity contribution in [1.29, 1.82) is 0 Å². The van der Waals surface area contributed by atoms with Crippen LogP contribution in [0.1, 0.15) is 38.5 Å². The number of hydrogen-bond donors (Lipinski definition) is 1. The van der Waals surface area contributed by atoms with Gasteiger partial charge in [-0.05, 0) is 18.9 Å². The molecule has 3 heterocycles. The van der Waals surface area contributed by atoms with Gasteiger partial charge >= 0.3 is 6.03 Å². The van der Waals surface area contributed by atoms with Crippen LogP contribution < -0.4 is 10.2 Å². The van der Waals surface area contributed by atoms with Gasteiger partial charge in [-0.1, -0.05) is 19.3 Å². The molecule has 0 bridgehead atoms. The zero-order valence-electron chi connectivity index (χ0n) is 16.0. The number of carbonyl (C=O) groups is 3. The van der Waals surface area contributed by atoms with E-state index in [9.17, 15) is 14.4 Å². The largest absolute Gasteiger partial charge is 0.339 e.